The van der Waals surface area contributed by atoms with Crippen LogP contribution in [0.5, 0.6) is 11.8 Å². The van der Waals surface area contributed by atoms with Gasteiger partial charge in [-0.25, -0.2) is 23.7 Å². The number of benzene rings is 2. The molecule has 14 nitrogen and oxygen atoms in total. The zero-order valence-corrected chi connectivity index (χ0v) is 26.1. The molecule has 4 heterocycles. The summed E-state index contributed by atoms with van der Waals surface area (Å²) in [6.07, 6.45) is 0. The minimum atomic E-state index is -0.702. The molecule has 0 aliphatic carbocycles. The van der Waals surface area contributed by atoms with Crippen molar-refractivity contribution in [3.05, 3.63) is 91.5 Å². The minimum Gasteiger partial charge on any atom is -0.477 e. The van der Waals surface area contributed by atoms with Gasteiger partial charge in [-0.05, 0) is 24.3 Å². The van der Waals surface area contributed by atoms with E-state index in [-0.39, 0.29) is 39.6 Å². The van der Waals surface area contributed by atoms with Gasteiger partial charge in [-0.3, -0.25) is 19.3 Å². The van der Waals surface area contributed by atoms with Crippen LogP contribution in [0.15, 0.2) is 46.0 Å². The van der Waals surface area contributed by atoms with Crippen molar-refractivity contribution >= 4 is 33.7 Å². The summed E-state index contributed by atoms with van der Waals surface area (Å²) < 4.78 is 52.7. The fourth-order valence-corrected chi connectivity index (χ4v) is 5.12. The van der Waals surface area contributed by atoms with Gasteiger partial charge in [0.2, 0.25) is 5.95 Å². The molecule has 1 aliphatic heterocycles. The van der Waals surface area contributed by atoms with Crippen LogP contribution in [0.2, 0.25) is 0 Å². The van der Waals surface area contributed by atoms with E-state index in [1.165, 1.54) is 39.5 Å². The Morgan fingerprint density at radius 3 is 1.88 bits per heavy atom. The number of halogens is 3. The van der Waals surface area contributed by atoms with Crippen molar-refractivity contribution in [2.45, 2.75) is 13.2 Å². The lowest BCUT2D eigenvalue weighted by Gasteiger charge is -2.36. The number of ether oxygens (including phenoxy) is 2. The highest BCUT2D eigenvalue weighted by Crippen LogP contribution is 2.23. The average molecular weight is 669 g/mol. The molecule has 17 heteroatoms. The molecule has 4 N–H and O–H groups in total. The number of anilines is 1. The summed E-state index contributed by atoms with van der Waals surface area (Å²) in [5, 5.41) is 11.3. The number of nitrogens with zero attached hydrogens (tertiary/aromatic N) is 5. The number of aromatic nitrogens is 5. The molecule has 5 aromatic rings. The topological polar surface area (TPSA) is 179 Å². The van der Waals surface area contributed by atoms with Gasteiger partial charge in [0, 0.05) is 50.9 Å². The largest absolute Gasteiger partial charge is 0.477 e. The molecule has 0 radical (unpaired) electrons. The van der Waals surface area contributed by atoms with Crippen molar-refractivity contribution in [1.82, 2.24) is 35.1 Å². The molecule has 0 atom stereocenters. The summed E-state index contributed by atoms with van der Waals surface area (Å²) in [5.74, 6) is -2.60. The third-order valence-electron chi connectivity index (χ3n) is 7.66. The third-order valence-corrected chi connectivity index (χ3v) is 7.66. The van der Waals surface area contributed by atoms with Crippen LogP contribution in [-0.4, -0.2) is 88.3 Å². The van der Waals surface area contributed by atoms with Gasteiger partial charge in [-0.15, -0.1) is 0 Å². The van der Waals surface area contributed by atoms with Crippen molar-refractivity contribution in [3.8, 4) is 11.8 Å². The summed E-state index contributed by atoms with van der Waals surface area (Å²) in [6, 6.07) is 9.21. The predicted octanol–water partition coefficient (Wildman–Crippen LogP) is 1.85. The maximum atomic E-state index is 15.0. The van der Waals surface area contributed by atoms with E-state index in [0.29, 0.717) is 49.5 Å². The first-order valence-corrected chi connectivity index (χ1v) is 14.6. The van der Waals surface area contributed by atoms with E-state index in [1.54, 1.807) is 18.2 Å². The first kappa shape index (κ1) is 33.8. The van der Waals surface area contributed by atoms with Crippen LogP contribution in [0.4, 0.5) is 18.9 Å². The number of amides is 1. The van der Waals surface area contributed by atoms with Crippen molar-refractivity contribution < 1.29 is 32.5 Å². The molecule has 1 aliphatic rings. The molecular weight excluding hydrogens is 637 g/mol. The normalized spacial score (nSPS) is 13.3. The maximum Gasteiger partial charge on any atom is 0.311 e. The number of aliphatic hydroxyl groups excluding tert-OH is 1. The zero-order valence-electron chi connectivity index (χ0n) is 26.1. The number of carbonyl (C=O) groups excluding carboxylic acids is 1. The van der Waals surface area contributed by atoms with E-state index >= 15 is 0 Å². The van der Waals surface area contributed by atoms with Crippen LogP contribution >= 0.6 is 0 Å². The van der Waals surface area contributed by atoms with Crippen LogP contribution in [0.1, 0.15) is 21.6 Å². The van der Waals surface area contributed by atoms with Gasteiger partial charge in [-0.1, -0.05) is 12.1 Å². The summed E-state index contributed by atoms with van der Waals surface area (Å²) >= 11 is 0. The molecule has 0 spiro atoms. The number of methoxy groups -OCH3 is 2. The number of hydrogen-bond acceptors (Lipinski definition) is 11. The van der Waals surface area contributed by atoms with Gasteiger partial charge in [0.15, 0.2) is 11.6 Å². The molecule has 3 aromatic heterocycles. The van der Waals surface area contributed by atoms with E-state index in [0.717, 1.165) is 0 Å². The second-order valence-corrected chi connectivity index (χ2v) is 10.5. The summed E-state index contributed by atoms with van der Waals surface area (Å²) in [6.45, 7) is 2.08. The van der Waals surface area contributed by atoms with Gasteiger partial charge < -0.3 is 34.8 Å². The Balaban J connectivity index is 0.000000236. The maximum absolute atomic E-state index is 15.0. The molecule has 48 heavy (non-hydrogen) atoms. The number of aromatic amines is 2. The fourth-order valence-electron chi connectivity index (χ4n) is 5.12. The number of carbonyl (C=O) groups is 1. The number of hydrogen-bond donors (Lipinski definition) is 4. The van der Waals surface area contributed by atoms with Gasteiger partial charge in [0.1, 0.15) is 16.7 Å². The highest BCUT2D eigenvalue weighted by atomic mass is 19.1. The van der Waals surface area contributed by atoms with E-state index in [1.807, 2.05) is 9.80 Å². The molecule has 0 saturated carbocycles. The molecule has 252 valence electrons. The van der Waals surface area contributed by atoms with E-state index < -0.39 is 41.2 Å². The fraction of sp³-hybridized carbons (Fsp3) is 0.290. The first-order chi connectivity index (χ1) is 23.1. The van der Waals surface area contributed by atoms with Crippen LogP contribution in [0, 0.1) is 17.6 Å². The SMILES string of the molecule is CNC(=O)c1ccc(N2CCN(Cc3ccc4nc(OC)c(=O)[nH]c4c3F)CC2)c(F)n1.COc1nc2ccc(CO)c(F)c2[nH]c1=O. The van der Waals surface area contributed by atoms with E-state index in [9.17, 15) is 27.6 Å². The summed E-state index contributed by atoms with van der Waals surface area (Å²) in [4.78, 5) is 55.2. The molecule has 2 aromatic carbocycles. The van der Waals surface area contributed by atoms with Crippen molar-refractivity contribution in [3.63, 3.8) is 0 Å². The van der Waals surface area contributed by atoms with Crippen LogP contribution in [0.3, 0.4) is 0 Å². The van der Waals surface area contributed by atoms with Crippen LogP contribution < -0.4 is 30.8 Å². The van der Waals surface area contributed by atoms with Gasteiger partial charge in [-0.2, -0.15) is 4.39 Å². The standard InChI is InChI=1S/C21H22F2N6O3.C10H9FN2O3/c1-24-19(30)14-5-6-15(18(23)25-14)29-9-7-28(8-10-29)11-12-3-4-13-17(16(12)22)27-20(31)21(26-13)32-2;1-16-10-9(15)13-8-6(12-10)3-2-5(4-14)7(8)11/h3-6H,7-11H2,1-2H3,(H,24,30)(H,27,31);2-3,14H,4H2,1H3,(H,13,15). The lowest BCUT2D eigenvalue weighted by molar-refractivity contribution is 0.0957. The molecule has 0 bridgehead atoms. The van der Waals surface area contributed by atoms with Crippen molar-refractivity contribution in [2.24, 2.45) is 0 Å². The second-order valence-electron chi connectivity index (χ2n) is 10.5. The number of H-pyrrole nitrogens is 2. The molecule has 0 unspecified atom stereocenters. The lowest BCUT2D eigenvalue weighted by atomic mass is 10.1. The quantitative estimate of drug-likeness (QED) is 0.186. The Hall–Kier alpha value is -5.55. The Labute approximate surface area is 270 Å². The van der Waals surface area contributed by atoms with Gasteiger partial charge in [0.25, 0.3) is 17.7 Å². The van der Waals surface area contributed by atoms with Crippen molar-refractivity contribution in [1.29, 1.82) is 0 Å². The average Bonchev–Trinajstić information content (AvgIpc) is 3.10. The number of pyridine rings is 1. The number of rotatable bonds is 7. The summed E-state index contributed by atoms with van der Waals surface area (Å²) in [7, 11) is 4.09. The van der Waals surface area contributed by atoms with Gasteiger partial charge in [0.05, 0.1) is 37.5 Å². The molecule has 1 saturated heterocycles. The second kappa shape index (κ2) is 14.5. The van der Waals surface area contributed by atoms with Gasteiger partial charge >= 0.3 is 11.1 Å². The Morgan fingerprint density at radius 1 is 0.833 bits per heavy atom. The predicted molar refractivity (Wildman–Crippen MR) is 169 cm³/mol. The molecular formula is C31H31F3N8O6. The first-order valence-electron chi connectivity index (χ1n) is 14.6. The number of piperazine rings is 1. The minimum absolute atomic E-state index is 0.0179. The highest BCUT2D eigenvalue weighted by Gasteiger charge is 2.23. The smallest absolute Gasteiger partial charge is 0.311 e. The van der Waals surface area contributed by atoms with E-state index in [2.05, 4.69) is 30.2 Å². The molecule has 1 fully saturated rings. The Morgan fingerprint density at radius 2 is 1.38 bits per heavy atom. The van der Waals surface area contributed by atoms with Crippen LogP contribution in [0.25, 0.3) is 22.1 Å². The number of fused-ring (bicyclic) bond motifs is 2. The Kier molecular flexibility index (Phi) is 10.2. The molecule has 1 amide bonds. The lowest BCUT2D eigenvalue weighted by Crippen LogP contribution is -2.46. The number of aliphatic hydroxyl groups is 1. The monoisotopic (exact) mass is 668 g/mol. The molecule has 6 rings (SSSR count). The highest BCUT2D eigenvalue weighted by molar-refractivity contribution is 5.92. The zero-order chi connectivity index (χ0) is 34.5. The van der Waals surface area contributed by atoms with E-state index in [4.69, 9.17) is 14.6 Å². The van der Waals surface area contributed by atoms with Crippen molar-refractivity contribution in [2.75, 3.05) is 52.3 Å². The Bertz CT molecular complexity index is 2100. The third kappa shape index (κ3) is 6.91. The number of nitrogens with one attached hydrogen (secondary N) is 3. The summed E-state index contributed by atoms with van der Waals surface area (Å²) in [5.41, 5.74) is 0.254. The van der Waals surface area contributed by atoms with Crippen LogP contribution in [-0.2, 0) is 13.2 Å².